The second-order valence-corrected chi connectivity index (χ2v) is 4.19. The molecular formula is C11H11ClFN3O4. The number of carbonyl (C=O) groups is 3. The number of carboxylic acids is 1. The lowest BCUT2D eigenvalue weighted by atomic mass is 10.2. The van der Waals surface area contributed by atoms with Crippen molar-refractivity contribution < 1.29 is 23.9 Å². The summed E-state index contributed by atoms with van der Waals surface area (Å²) in [6.45, 7) is 0. The molecule has 0 aliphatic rings. The van der Waals surface area contributed by atoms with Crippen LogP contribution in [0.5, 0.6) is 0 Å². The molecule has 0 fully saturated rings. The van der Waals surface area contributed by atoms with Crippen molar-refractivity contribution >= 4 is 35.2 Å². The molecule has 0 bridgehead atoms. The van der Waals surface area contributed by atoms with Crippen LogP contribution in [0, 0.1) is 5.82 Å². The van der Waals surface area contributed by atoms with Crippen LogP contribution in [0.1, 0.15) is 6.42 Å². The van der Waals surface area contributed by atoms with E-state index in [0.717, 1.165) is 12.1 Å². The molecule has 0 aromatic heterocycles. The highest BCUT2D eigenvalue weighted by atomic mass is 35.5. The molecule has 1 atom stereocenters. The van der Waals surface area contributed by atoms with Crippen molar-refractivity contribution in [3.8, 4) is 0 Å². The Morgan fingerprint density at radius 2 is 2.05 bits per heavy atom. The third-order valence-electron chi connectivity index (χ3n) is 2.19. The first-order valence-corrected chi connectivity index (χ1v) is 5.71. The Morgan fingerprint density at radius 1 is 1.40 bits per heavy atom. The van der Waals surface area contributed by atoms with Gasteiger partial charge in [-0.3, -0.25) is 4.79 Å². The molecule has 5 N–H and O–H groups in total. The molecule has 9 heteroatoms. The van der Waals surface area contributed by atoms with Crippen molar-refractivity contribution in [3.63, 3.8) is 0 Å². The summed E-state index contributed by atoms with van der Waals surface area (Å²) in [5, 5.41) is 13.0. The van der Waals surface area contributed by atoms with Gasteiger partial charge in [0.1, 0.15) is 11.9 Å². The quantitative estimate of drug-likeness (QED) is 0.646. The number of hydrogen-bond donors (Lipinski definition) is 4. The maximum atomic E-state index is 12.8. The van der Waals surface area contributed by atoms with Crippen LogP contribution in [0.3, 0.4) is 0 Å². The van der Waals surface area contributed by atoms with Gasteiger partial charge in [-0.15, -0.1) is 0 Å². The van der Waals surface area contributed by atoms with Gasteiger partial charge in [-0.05, 0) is 18.2 Å². The molecule has 0 unspecified atom stereocenters. The van der Waals surface area contributed by atoms with Gasteiger partial charge in [-0.2, -0.15) is 0 Å². The molecule has 7 nitrogen and oxygen atoms in total. The molecule has 3 amide bonds. The fourth-order valence-corrected chi connectivity index (χ4v) is 1.52. The number of primary amides is 1. The number of carboxylic acid groups (broad SMARTS) is 1. The standard InChI is InChI=1S/C11H11ClFN3O4/c12-6-3-5(13)1-2-7(6)15-11(20)16-8(10(18)19)4-9(14)17/h1-3,8H,4H2,(H2,14,17)(H,18,19)(H2,15,16,20)/t8-/m0/s1. The number of nitrogens with two attached hydrogens (primary N) is 1. The predicted molar refractivity (Wildman–Crippen MR) is 68.8 cm³/mol. The highest BCUT2D eigenvalue weighted by molar-refractivity contribution is 6.33. The summed E-state index contributed by atoms with van der Waals surface area (Å²) >= 11 is 5.68. The average molecular weight is 304 g/mol. The van der Waals surface area contributed by atoms with E-state index >= 15 is 0 Å². The van der Waals surface area contributed by atoms with E-state index in [9.17, 15) is 18.8 Å². The SMILES string of the molecule is NC(=O)C[C@H](NC(=O)Nc1ccc(F)cc1Cl)C(=O)O. The number of nitrogens with one attached hydrogen (secondary N) is 2. The first-order valence-electron chi connectivity index (χ1n) is 5.33. The van der Waals surface area contributed by atoms with Crippen LogP contribution in [-0.2, 0) is 9.59 Å². The summed E-state index contributed by atoms with van der Waals surface area (Å²) in [4.78, 5) is 33.0. The van der Waals surface area contributed by atoms with E-state index in [4.69, 9.17) is 22.4 Å². The molecule has 0 saturated heterocycles. The van der Waals surface area contributed by atoms with E-state index in [1.54, 1.807) is 0 Å². The molecule has 1 aromatic carbocycles. The molecule has 0 heterocycles. The molecule has 1 rings (SSSR count). The van der Waals surface area contributed by atoms with Crippen molar-refractivity contribution in [3.05, 3.63) is 29.0 Å². The van der Waals surface area contributed by atoms with Crippen molar-refractivity contribution in [1.29, 1.82) is 0 Å². The van der Waals surface area contributed by atoms with Gasteiger partial charge in [-0.25, -0.2) is 14.0 Å². The number of hydrogen-bond acceptors (Lipinski definition) is 3. The average Bonchev–Trinajstić information content (AvgIpc) is 2.31. The number of aliphatic carboxylic acids is 1. The number of benzene rings is 1. The van der Waals surface area contributed by atoms with Gasteiger partial charge in [0.25, 0.3) is 0 Å². The van der Waals surface area contributed by atoms with Gasteiger partial charge in [-0.1, -0.05) is 11.6 Å². The molecule has 0 saturated carbocycles. The van der Waals surface area contributed by atoms with Gasteiger partial charge in [0.2, 0.25) is 5.91 Å². The summed E-state index contributed by atoms with van der Waals surface area (Å²) in [6, 6.07) is 0.884. The van der Waals surface area contributed by atoms with Crippen molar-refractivity contribution in [2.24, 2.45) is 5.73 Å². The fourth-order valence-electron chi connectivity index (χ4n) is 1.31. The Hall–Kier alpha value is -2.35. The number of urea groups is 1. The minimum atomic E-state index is -1.47. The molecule has 108 valence electrons. The Balaban J connectivity index is 2.70. The molecule has 1 aromatic rings. The van der Waals surface area contributed by atoms with Crippen LogP contribution >= 0.6 is 11.6 Å². The molecular weight excluding hydrogens is 293 g/mol. The Bertz CT molecular complexity index is 552. The molecule has 0 radical (unpaired) electrons. The number of amides is 3. The third kappa shape index (κ3) is 4.73. The minimum absolute atomic E-state index is 0.0538. The Kier molecular flexibility index (Phi) is 5.27. The molecule has 0 aliphatic carbocycles. The first kappa shape index (κ1) is 15.7. The Labute approximate surface area is 117 Å². The maximum Gasteiger partial charge on any atom is 0.326 e. The highest BCUT2D eigenvalue weighted by Gasteiger charge is 2.22. The number of halogens is 2. The molecule has 0 aliphatic heterocycles. The van der Waals surface area contributed by atoms with Gasteiger partial charge in [0.05, 0.1) is 17.1 Å². The van der Waals surface area contributed by atoms with Crippen LogP contribution in [0.4, 0.5) is 14.9 Å². The van der Waals surface area contributed by atoms with Crippen LogP contribution in [0.15, 0.2) is 18.2 Å². The topological polar surface area (TPSA) is 122 Å². The molecule has 0 spiro atoms. The lowest BCUT2D eigenvalue weighted by Gasteiger charge is -2.14. The zero-order valence-corrected chi connectivity index (χ0v) is 10.8. The van der Waals surface area contributed by atoms with Crippen LogP contribution < -0.4 is 16.4 Å². The largest absolute Gasteiger partial charge is 0.480 e. The van der Waals surface area contributed by atoms with Gasteiger partial charge >= 0.3 is 12.0 Å². The maximum absolute atomic E-state index is 12.8. The normalized spacial score (nSPS) is 11.5. The second kappa shape index (κ2) is 6.71. The van der Waals surface area contributed by atoms with E-state index in [1.807, 2.05) is 5.32 Å². The molecule has 20 heavy (non-hydrogen) atoms. The first-order chi connectivity index (χ1) is 9.29. The van der Waals surface area contributed by atoms with E-state index in [2.05, 4.69) is 5.32 Å². The van der Waals surface area contributed by atoms with E-state index in [1.165, 1.54) is 6.07 Å². The number of carbonyl (C=O) groups excluding carboxylic acids is 2. The number of anilines is 1. The summed E-state index contributed by atoms with van der Waals surface area (Å²) in [5.41, 5.74) is 4.95. The summed E-state index contributed by atoms with van der Waals surface area (Å²) in [5.74, 6) is -2.88. The van der Waals surface area contributed by atoms with Gasteiger partial charge in [0, 0.05) is 0 Å². The second-order valence-electron chi connectivity index (χ2n) is 3.78. The van der Waals surface area contributed by atoms with Gasteiger partial charge in [0.15, 0.2) is 0 Å². The monoisotopic (exact) mass is 303 g/mol. The van der Waals surface area contributed by atoms with Gasteiger partial charge < -0.3 is 21.5 Å². The zero-order chi connectivity index (χ0) is 15.3. The van der Waals surface area contributed by atoms with Crippen molar-refractivity contribution in [1.82, 2.24) is 5.32 Å². The van der Waals surface area contributed by atoms with Crippen molar-refractivity contribution in [2.45, 2.75) is 12.5 Å². The van der Waals surface area contributed by atoms with Crippen LogP contribution in [0.2, 0.25) is 5.02 Å². The van der Waals surface area contributed by atoms with E-state index in [0.29, 0.717) is 0 Å². The summed E-state index contributed by atoms with van der Waals surface area (Å²) < 4.78 is 12.8. The lowest BCUT2D eigenvalue weighted by molar-refractivity contribution is -0.140. The Morgan fingerprint density at radius 3 is 2.55 bits per heavy atom. The third-order valence-corrected chi connectivity index (χ3v) is 2.50. The lowest BCUT2D eigenvalue weighted by Crippen LogP contribution is -2.45. The number of rotatable bonds is 5. The smallest absolute Gasteiger partial charge is 0.326 e. The fraction of sp³-hybridized carbons (Fsp3) is 0.182. The highest BCUT2D eigenvalue weighted by Crippen LogP contribution is 2.22. The van der Waals surface area contributed by atoms with E-state index < -0.39 is 36.2 Å². The summed E-state index contributed by atoms with van der Waals surface area (Å²) in [7, 11) is 0. The minimum Gasteiger partial charge on any atom is -0.480 e. The summed E-state index contributed by atoms with van der Waals surface area (Å²) in [6.07, 6.45) is -0.556. The van der Waals surface area contributed by atoms with Crippen LogP contribution in [-0.4, -0.2) is 29.1 Å². The zero-order valence-electron chi connectivity index (χ0n) is 10.0. The van der Waals surface area contributed by atoms with Crippen molar-refractivity contribution in [2.75, 3.05) is 5.32 Å². The predicted octanol–water partition coefficient (Wildman–Crippen LogP) is 0.929. The van der Waals surface area contributed by atoms with Crippen LogP contribution in [0.25, 0.3) is 0 Å². The van der Waals surface area contributed by atoms with E-state index in [-0.39, 0.29) is 10.7 Å².